The van der Waals surface area contributed by atoms with E-state index in [1.165, 1.54) is 12.1 Å². The second-order valence-electron chi connectivity index (χ2n) is 5.14. The number of aryl methyl sites for hydroxylation is 1. The fourth-order valence-corrected chi connectivity index (χ4v) is 2.74. The van der Waals surface area contributed by atoms with E-state index in [0.717, 1.165) is 11.8 Å². The van der Waals surface area contributed by atoms with Crippen LogP contribution in [0.15, 0.2) is 47.4 Å². The maximum absolute atomic E-state index is 12.3. The van der Waals surface area contributed by atoms with Gasteiger partial charge in [-0.3, -0.25) is 0 Å². The lowest BCUT2D eigenvalue weighted by Gasteiger charge is -2.11. The van der Waals surface area contributed by atoms with E-state index >= 15 is 0 Å². The standard InChI is InChI=1S/C17H18O5S/c1-12-8-9-14(23(3,19)20)10-15(12)17(18)22-11-13-6-4-5-7-16(13)21-2/h4-10H,11H2,1-3H3. The van der Waals surface area contributed by atoms with Crippen LogP contribution in [-0.4, -0.2) is 27.8 Å². The van der Waals surface area contributed by atoms with Gasteiger partial charge in [0.05, 0.1) is 17.6 Å². The number of para-hydroxylation sites is 1. The van der Waals surface area contributed by atoms with Crippen LogP contribution in [0.5, 0.6) is 5.75 Å². The number of rotatable bonds is 5. The molecule has 6 heteroatoms. The van der Waals surface area contributed by atoms with Crippen LogP contribution in [0, 0.1) is 6.92 Å². The molecule has 0 atom stereocenters. The maximum Gasteiger partial charge on any atom is 0.338 e. The number of sulfone groups is 1. The zero-order chi connectivity index (χ0) is 17.0. The Morgan fingerprint density at radius 2 is 1.83 bits per heavy atom. The monoisotopic (exact) mass is 334 g/mol. The van der Waals surface area contributed by atoms with E-state index < -0.39 is 15.8 Å². The fraction of sp³-hybridized carbons (Fsp3) is 0.235. The van der Waals surface area contributed by atoms with E-state index in [1.54, 1.807) is 32.2 Å². The van der Waals surface area contributed by atoms with Gasteiger partial charge in [0, 0.05) is 11.8 Å². The molecule has 2 aromatic rings. The molecule has 0 bridgehead atoms. The van der Waals surface area contributed by atoms with Crippen molar-refractivity contribution in [1.29, 1.82) is 0 Å². The summed E-state index contributed by atoms with van der Waals surface area (Å²) in [5, 5.41) is 0. The lowest BCUT2D eigenvalue weighted by Crippen LogP contribution is -2.09. The molecule has 0 saturated heterocycles. The van der Waals surface area contributed by atoms with Crippen molar-refractivity contribution in [3.05, 3.63) is 59.2 Å². The number of carbonyl (C=O) groups is 1. The summed E-state index contributed by atoms with van der Waals surface area (Å²) in [5.74, 6) is 0.0563. The smallest absolute Gasteiger partial charge is 0.338 e. The first-order valence-electron chi connectivity index (χ1n) is 6.92. The van der Waals surface area contributed by atoms with Crippen LogP contribution in [0.2, 0.25) is 0 Å². The van der Waals surface area contributed by atoms with Crippen LogP contribution < -0.4 is 4.74 Å². The number of ether oxygens (including phenoxy) is 2. The highest BCUT2D eigenvalue weighted by Crippen LogP contribution is 2.20. The Morgan fingerprint density at radius 1 is 1.13 bits per heavy atom. The SMILES string of the molecule is COc1ccccc1COC(=O)c1cc(S(C)(=O)=O)ccc1C. The van der Waals surface area contributed by atoms with Gasteiger partial charge in [0.25, 0.3) is 0 Å². The second-order valence-corrected chi connectivity index (χ2v) is 7.15. The summed E-state index contributed by atoms with van der Waals surface area (Å²) in [6.45, 7) is 1.77. The van der Waals surface area contributed by atoms with E-state index in [9.17, 15) is 13.2 Å². The molecule has 2 aromatic carbocycles. The van der Waals surface area contributed by atoms with E-state index in [1.807, 2.05) is 12.1 Å². The van der Waals surface area contributed by atoms with Crippen LogP contribution >= 0.6 is 0 Å². The van der Waals surface area contributed by atoms with Crippen molar-refractivity contribution in [3.8, 4) is 5.75 Å². The molecule has 0 fully saturated rings. The Balaban J connectivity index is 2.21. The van der Waals surface area contributed by atoms with Crippen molar-refractivity contribution in [2.75, 3.05) is 13.4 Å². The molecule has 0 aromatic heterocycles. The van der Waals surface area contributed by atoms with Crippen molar-refractivity contribution in [3.63, 3.8) is 0 Å². The van der Waals surface area contributed by atoms with Gasteiger partial charge in [-0.1, -0.05) is 24.3 Å². The summed E-state index contributed by atoms with van der Waals surface area (Å²) < 4.78 is 33.7. The molecule has 2 rings (SSSR count). The van der Waals surface area contributed by atoms with Crippen molar-refractivity contribution >= 4 is 15.8 Å². The Hall–Kier alpha value is -2.34. The van der Waals surface area contributed by atoms with Crippen LogP contribution in [0.25, 0.3) is 0 Å². The Morgan fingerprint density at radius 3 is 2.48 bits per heavy atom. The minimum Gasteiger partial charge on any atom is -0.496 e. The number of benzene rings is 2. The molecule has 0 heterocycles. The quantitative estimate of drug-likeness (QED) is 0.786. The third-order valence-electron chi connectivity index (χ3n) is 3.41. The molecule has 0 radical (unpaired) electrons. The molecule has 0 spiro atoms. The summed E-state index contributed by atoms with van der Waals surface area (Å²) in [6, 6.07) is 11.6. The highest BCUT2D eigenvalue weighted by molar-refractivity contribution is 7.90. The van der Waals surface area contributed by atoms with Gasteiger partial charge in [-0.25, -0.2) is 13.2 Å². The number of methoxy groups -OCH3 is 1. The molecular weight excluding hydrogens is 316 g/mol. The van der Waals surface area contributed by atoms with Crippen molar-refractivity contribution in [2.24, 2.45) is 0 Å². The molecule has 0 N–H and O–H groups in total. The summed E-state index contributed by atoms with van der Waals surface area (Å²) in [7, 11) is -1.84. The van der Waals surface area contributed by atoms with Gasteiger partial charge >= 0.3 is 5.97 Å². The minimum atomic E-state index is -3.38. The van der Waals surface area contributed by atoms with Crippen molar-refractivity contribution in [2.45, 2.75) is 18.4 Å². The number of hydrogen-bond donors (Lipinski definition) is 0. The summed E-state index contributed by atoms with van der Waals surface area (Å²) >= 11 is 0. The van der Waals surface area contributed by atoms with Gasteiger partial charge in [-0.15, -0.1) is 0 Å². The first kappa shape index (κ1) is 17.0. The first-order chi connectivity index (χ1) is 10.8. The third-order valence-corrected chi connectivity index (χ3v) is 4.52. The lowest BCUT2D eigenvalue weighted by molar-refractivity contribution is 0.0469. The molecule has 122 valence electrons. The molecule has 0 unspecified atom stereocenters. The fourth-order valence-electron chi connectivity index (χ4n) is 2.09. The van der Waals surface area contributed by atoms with E-state index in [4.69, 9.17) is 9.47 Å². The van der Waals surface area contributed by atoms with E-state index in [2.05, 4.69) is 0 Å². The normalized spacial score (nSPS) is 11.1. The number of esters is 1. The minimum absolute atomic E-state index is 0.0470. The van der Waals surface area contributed by atoms with Crippen LogP contribution in [0.4, 0.5) is 0 Å². The van der Waals surface area contributed by atoms with Gasteiger partial charge < -0.3 is 9.47 Å². The summed E-state index contributed by atoms with van der Waals surface area (Å²) in [4.78, 5) is 12.3. The van der Waals surface area contributed by atoms with Crippen molar-refractivity contribution < 1.29 is 22.7 Å². The van der Waals surface area contributed by atoms with Gasteiger partial charge in [0.15, 0.2) is 9.84 Å². The van der Waals surface area contributed by atoms with E-state index in [0.29, 0.717) is 11.3 Å². The summed E-state index contributed by atoms with van der Waals surface area (Å²) in [6.07, 6.45) is 1.10. The predicted octanol–water partition coefficient (Wildman–Crippen LogP) is 2.76. The first-order valence-corrected chi connectivity index (χ1v) is 8.82. The van der Waals surface area contributed by atoms with Crippen LogP contribution in [-0.2, 0) is 21.2 Å². The maximum atomic E-state index is 12.3. The molecule has 0 aliphatic heterocycles. The predicted molar refractivity (Wildman–Crippen MR) is 86.4 cm³/mol. The Labute approximate surface area is 135 Å². The Kier molecular flexibility index (Phi) is 5.05. The molecule has 5 nitrogen and oxygen atoms in total. The lowest BCUT2D eigenvalue weighted by atomic mass is 10.1. The van der Waals surface area contributed by atoms with Crippen LogP contribution in [0.1, 0.15) is 21.5 Å². The molecule has 0 aliphatic rings. The second kappa shape index (κ2) is 6.83. The third kappa shape index (κ3) is 4.10. The largest absolute Gasteiger partial charge is 0.496 e. The topological polar surface area (TPSA) is 69.7 Å². The van der Waals surface area contributed by atoms with Gasteiger partial charge in [-0.05, 0) is 30.7 Å². The van der Waals surface area contributed by atoms with Crippen LogP contribution in [0.3, 0.4) is 0 Å². The van der Waals surface area contributed by atoms with Gasteiger partial charge in [0.2, 0.25) is 0 Å². The molecule has 0 amide bonds. The zero-order valence-corrected chi connectivity index (χ0v) is 14.0. The Bertz CT molecular complexity index is 825. The zero-order valence-electron chi connectivity index (χ0n) is 13.2. The average molecular weight is 334 g/mol. The number of carbonyl (C=O) groups excluding carboxylic acids is 1. The van der Waals surface area contributed by atoms with Crippen molar-refractivity contribution in [1.82, 2.24) is 0 Å². The highest BCUT2D eigenvalue weighted by atomic mass is 32.2. The summed E-state index contributed by atoms with van der Waals surface area (Å²) in [5.41, 5.74) is 1.63. The average Bonchev–Trinajstić information content (AvgIpc) is 2.52. The van der Waals surface area contributed by atoms with Gasteiger partial charge in [-0.2, -0.15) is 0 Å². The van der Waals surface area contributed by atoms with Gasteiger partial charge in [0.1, 0.15) is 12.4 Å². The molecule has 0 saturated carbocycles. The molecule has 0 aliphatic carbocycles. The van der Waals surface area contributed by atoms with E-state index in [-0.39, 0.29) is 17.1 Å². The number of hydrogen-bond acceptors (Lipinski definition) is 5. The highest BCUT2D eigenvalue weighted by Gasteiger charge is 2.16. The molecular formula is C17H18O5S. The molecule has 23 heavy (non-hydrogen) atoms.